The summed E-state index contributed by atoms with van der Waals surface area (Å²) in [5.41, 5.74) is 2.41. The Bertz CT molecular complexity index is 437. The van der Waals surface area contributed by atoms with Crippen LogP contribution >= 0.6 is 0 Å². The molecule has 0 N–H and O–H groups in total. The molecule has 4 heteroatoms. The first-order valence-electron chi connectivity index (χ1n) is 5.89. The Kier molecular flexibility index (Phi) is 5.36. The number of benzene rings is 1. The van der Waals surface area contributed by atoms with E-state index < -0.39 is 0 Å². The lowest BCUT2D eigenvalue weighted by Gasteiger charge is -2.09. The largest absolute Gasteiger partial charge is 0.469 e. The minimum absolute atomic E-state index is 0.256. The zero-order valence-electron chi connectivity index (χ0n) is 11.0. The van der Waals surface area contributed by atoms with Crippen molar-refractivity contribution in [3.8, 4) is 0 Å². The summed E-state index contributed by atoms with van der Waals surface area (Å²) < 4.78 is 9.34. The average Bonchev–Trinajstić information content (AvgIpc) is 2.43. The Morgan fingerprint density at radius 3 is 2.44 bits per heavy atom. The number of carbonyl (C=O) groups is 2. The zero-order valence-corrected chi connectivity index (χ0v) is 11.0. The van der Waals surface area contributed by atoms with Gasteiger partial charge < -0.3 is 9.47 Å². The molecule has 0 aliphatic carbocycles. The molecule has 1 rings (SSSR count). The van der Waals surface area contributed by atoms with Crippen LogP contribution in [0.25, 0.3) is 0 Å². The molecular formula is C14H18O4. The maximum Gasteiger partial charge on any atom is 0.338 e. The van der Waals surface area contributed by atoms with Gasteiger partial charge in [-0.3, -0.25) is 4.79 Å². The molecule has 1 aromatic carbocycles. The van der Waals surface area contributed by atoms with E-state index in [4.69, 9.17) is 4.74 Å². The van der Waals surface area contributed by atoms with Gasteiger partial charge in [0.2, 0.25) is 0 Å². The van der Waals surface area contributed by atoms with Gasteiger partial charge in [-0.1, -0.05) is 19.1 Å². The van der Waals surface area contributed by atoms with Crippen molar-refractivity contribution < 1.29 is 19.1 Å². The van der Waals surface area contributed by atoms with Crippen molar-refractivity contribution in [3.63, 3.8) is 0 Å². The lowest BCUT2D eigenvalue weighted by atomic mass is 9.99. The van der Waals surface area contributed by atoms with E-state index in [1.807, 2.05) is 25.1 Å². The highest BCUT2D eigenvalue weighted by Crippen LogP contribution is 2.16. The van der Waals surface area contributed by atoms with Crippen molar-refractivity contribution in [2.75, 3.05) is 14.2 Å². The van der Waals surface area contributed by atoms with Crippen molar-refractivity contribution in [1.82, 2.24) is 0 Å². The second kappa shape index (κ2) is 6.79. The second-order valence-corrected chi connectivity index (χ2v) is 3.91. The number of carbonyl (C=O) groups excluding carboxylic acids is 2. The Labute approximate surface area is 107 Å². The third-order valence-electron chi connectivity index (χ3n) is 2.81. The average molecular weight is 250 g/mol. The molecule has 0 unspecified atom stereocenters. The molecule has 0 spiro atoms. The van der Waals surface area contributed by atoms with Crippen LogP contribution in [0.1, 0.15) is 34.8 Å². The van der Waals surface area contributed by atoms with Gasteiger partial charge in [0.15, 0.2) is 0 Å². The van der Waals surface area contributed by atoms with Crippen LogP contribution in [0.15, 0.2) is 18.2 Å². The maximum absolute atomic E-state index is 11.7. The molecule has 1 aromatic rings. The number of hydrogen-bond acceptors (Lipinski definition) is 4. The first-order valence-corrected chi connectivity index (χ1v) is 5.89. The van der Waals surface area contributed by atoms with Crippen molar-refractivity contribution in [2.24, 2.45) is 0 Å². The van der Waals surface area contributed by atoms with Gasteiger partial charge in [-0.05, 0) is 30.0 Å². The number of hydrogen-bond donors (Lipinski definition) is 0. The van der Waals surface area contributed by atoms with Crippen LogP contribution in [0.2, 0.25) is 0 Å². The summed E-state index contributed by atoms with van der Waals surface area (Å²) in [6, 6.07) is 5.64. The fraction of sp³-hybridized carbons (Fsp3) is 0.429. The van der Waals surface area contributed by atoms with Crippen molar-refractivity contribution in [3.05, 3.63) is 34.9 Å². The van der Waals surface area contributed by atoms with E-state index >= 15 is 0 Å². The summed E-state index contributed by atoms with van der Waals surface area (Å²) in [7, 11) is 2.70. The van der Waals surface area contributed by atoms with Crippen molar-refractivity contribution in [1.29, 1.82) is 0 Å². The molecule has 0 atom stereocenters. The highest BCUT2D eigenvalue weighted by atomic mass is 16.5. The van der Waals surface area contributed by atoms with Gasteiger partial charge in [-0.2, -0.15) is 0 Å². The van der Waals surface area contributed by atoms with Gasteiger partial charge in [0.25, 0.3) is 0 Å². The van der Waals surface area contributed by atoms with E-state index in [1.165, 1.54) is 14.2 Å². The molecule has 0 saturated carbocycles. The fourth-order valence-electron chi connectivity index (χ4n) is 1.70. The molecule has 0 aliphatic heterocycles. The van der Waals surface area contributed by atoms with Crippen LogP contribution in [-0.4, -0.2) is 26.2 Å². The predicted octanol–water partition coefficient (Wildman–Crippen LogP) is 2.14. The molecule has 0 fully saturated rings. The molecule has 0 saturated heterocycles. The van der Waals surface area contributed by atoms with Crippen LogP contribution in [-0.2, 0) is 27.1 Å². The van der Waals surface area contributed by atoms with E-state index in [0.29, 0.717) is 12.0 Å². The molecule has 0 radical (unpaired) electrons. The number of methoxy groups -OCH3 is 2. The summed E-state index contributed by atoms with van der Waals surface area (Å²) >= 11 is 0. The minimum atomic E-state index is -0.370. The van der Waals surface area contributed by atoms with E-state index in [1.54, 1.807) is 0 Å². The normalized spacial score (nSPS) is 9.94. The first kappa shape index (κ1) is 14.2. The van der Waals surface area contributed by atoms with E-state index in [9.17, 15) is 9.59 Å². The van der Waals surface area contributed by atoms with Crippen molar-refractivity contribution in [2.45, 2.75) is 26.2 Å². The summed E-state index contributed by atoms with van der Waals surface area (Å²) in [4.78, 5) is 22.8. The standard InChI is InChI=1S/C14H18O4/c1-4-10-5-6-11(7-8-13(15)17-2)12(9-10)14(16)18-3/h5-6,9H,4,7-8H2,1-3H3. The highest BCUT2D eigenvalue weighted by molar-refractivity contribution is 5.91. The van der Waals surface area contributed by atoms with Crippen LogP contribution in [0.4, 0.5) is 0 Å². The lowest BCUT2D eigenvalue weighted by molar-refractivity contribution is -0.140. The molecular weight excluding hydrogens is 232 g/mol. The number of rotatable bonds is 5. The van der Waals surface area contributed by atoms with Gasteiger partial charge in [0.1, 0.15) is 0 Å². The minimum Gasteiger partial charge on any atom is -0.469 e. The Balaban J connectivity index is 2.95. The molecule has 98 valence electrons. The van der Waals surface area contributed by atoms with Crippen molar-refractivity contribution >= 4 is 11.9 Å². The van der Waals surface area contributed by atoms with Gasteiger partial charge >= 0.3 is 11.9 Å². The van der Waals surface area contributed by atoms with Gasteiger partial charge in [0, 0.05) is 6.42 Å². The molecule has 4 nitrogen and oxygen atoms in total. The summed E-state index contributed by atoms with van der Waals surface area (Å²) in [6.45, 7) is 2.02. The third kappa shape index (κ3) is 3.58. The highest BCUT2D eigenvalue weighted by Gasteiger charge is 2.13. The Morgan fingerprint density at radius 2 is 1.89 bits per heavy atom. The Hall–Kier alpha value is -1.84. The smallest absolute Gasteiger partial charge is 0.338 e. The molecule has 0 bridgehead atoms. The van der Waals surface area contributed by atoms with Gasteiger partial charge in [-0.15, -0.1) is 0 Å². The lowest BCUT2D eigenvalue weighted by Crippen LogP contribution is -2.09. The molecule has 0 aliphatic rings. The van der Waals surface area contributed by atoms with E-state index in [0.717, 1.165) is 17.5 Å². The van der Waals surface area contributed by atoms with E-state index in [-0.39, 0.29) is 18.4 Å². The topological polar surface area (TPSA) is 52.6 Å². The van der Waals surface area contributed by atoms with Gasteiger partial charge in [0.05, 0.1) is 19.8 Å². The van der Waals surface area contributed by atoms with Crippen LogP contribution in [0.5, 0.6) is 0 Å². The number of esters is 2. The third-order valence-corrected chi connectivity index (χ3v) is 2.81. The summed E-state index contributed by atoms with van der Waals surface area (Å²) in [6.07, 6.45) is 1.58. The molecule has 0 amide bonds. The van der Waals surface area contributed by atoms with Crippen LogP contribution in [0, 0.1) is 0 Å². The van der Waals surface area contributed by atoms with Crippen LogP contribution in [0.3, 0.4) is 0 Å². The predicted molar refractivity (Wildman–Crippen MR) is 67.5 cm³/mol. The first-order chi connectivity index (χ1) is 8.62. The van der Waals surface area contributed by atoms with Gasteiger partial charge in [-0.25, -0.2) is 4.79 Å². The van der Waals surface area contributed by atoms with Crippen LogP contribution < -0.4 is 0 Å². The van der Waals surface area contributed by atoms with E-state index in [2.05, 4.69) is 4.74 Å². The maximum atomic E-state index is 11.7. The summed E-state index contributed by atoms with van der Waals surface area (Å²) in [5.74, 6) is -0.657. The SMILES string of the molecule is CCc1ccc(CCC(=O)OC)c(C(=O)OC)c1. The summed E-state index contributed by atoms with van der Waals surface area (Å²) in [5, 5.41) is 0. The number of aryl methyl sites for hydroxylation is 2. The number of ether oxygens (including phenoxy) is 2. The zero-order chi connectivity index (χ0) is 13.5. The molecule has 0 heterocycles. The molecule has 0 aromatic heterocycles. The Morgan fingerprint density at radius 1 is 1.17 bits per heavy atom. The quantitative estimate of drug-likeness (QED) is 0.751. The monoisotopic (exact) mass is 250 g/mol. The fourth-order valence-corrected chi connectivity index (χ4v) is 1.70. The second-order valence-electron chi connectivity index (χ2n) is 3.91. The molecule has 18 heavy (non-hydrogen) atoms.